The Kier molecular flexibility index (Phi) is 3.97. The summed E-state index contributed by atoms with van der Waals surface area (Å²) in [7, 11) is 1.92. The summed E-state index contributed by atoms with van der Waals surface area (Å²) in [6, 6.07) is 7.14. The van der Waals surface area contributed by atoms with Crippen molar-refractivity contribution < 1.29 is 4.39 Å². The Morgan fingerprint density at radius 1 is 1.35 bits per heavy atom. The molecule has 0 saturated carbocycles. The van der Waals surface area contributed by atoms with Gasteiger partial charge in [0.1, 0.15) is 5.82 Å². The van der Waals surface area contributed by atoms with Crippen molar-refractivity contribution in [1.29, 1.82) is 0 Å². The van der Waals surface area contributed by atoms with E-state index in [2.05, 4.69) is 32.7 Å². The molecule has 0 aliphatic carbocycles. The highest BCUT2D eigenvalue weighted by Crippen LogP contribution is 2.31. The zero-order chi connectivity index (χ0) is 12.4. The first-order chi connectivity index (χ1) is 8.11. The van der Waals surface area contributed by atoms with Gasteiger partial charge in [0.2, 0.25) is 0 Å². The molecule has 0 bridgehead atoms. The van der Waals surface area contributed by atoms with Gasteiger partial charge < -0.3 is 5.32 Å². The minimum atomic E-state index is -0.187. The fraction of sp³-hybridized carbons (Fsp3) is 0.231. The average Bonchev–Trinajstić information content (AvgIpc) is 2.69. The lowest BCUT2D eigenvalue weighted by molar-refractivity contribution is 0.622. The molecule has 1 unspecified atom stereocenters. The van der Waals surface area contributed by atoms with E-state index in [4.69, 9.17) is 0 Å². The largest absolute Gasteiger partial charge is 0.309 e. The van der Waals surface area contributed by atoms with Gasteiger partial charge in [-0.2, -0.15) is 0 Å². The Labute approximate surface area is 113 Å². The van der Waals surface area contributed by atoms with Crippen LogP contribution in [-0.4, -0.2) is 7.05 Å². The van der Waals surface area contributed by atoms with Gasteiger partial charge in [-0.15, -0.1) is 11.3 Å². The van der Waals surface area contributed by atoms with Gasteiger partial charge in [0.25, 0.3) is 0 Å². The Hall–Kier alpha value is -0.710. The smallest absolute Gasteiger partial charge is 0.123 e. The molecule has 0 amide bonds. The summed E-state index contributed by atoms with van der Waals surface area (Å²) in [4.78, 5) is 1.22. The first-order valence-corrected chi connectivity index (χ1v) is 6.96. The number of halogens is 2. The molecule has 1 aromatic heterocycles. The molecule has 0 saturated heterocycles. The number of benzene rings is 1. The second-order valence-electron chi connectivity index (χ2n) is 3.89. The number of hydrogen-bond acceptors (Lipinski definition) is 2. The van der Waals surface area contributed by atoms with Crippen LogP contribution in [0, 0.1) is 12.7 Å². The summed E-state index contributed by atoms with van der Waals surface area (Å²) < 4.78 is 14.2. The molecule has 0 aliphatic heterocycles. The van der Waals surface area contributed by atoms with Crippen molar-refractivity contribution in [2.45, 2.75) is 13.0 Å². The Bertz CT molecular complexity index is 524. The molecule has 1 aromatic carbocycles. The van der Waals surface area contributed by atoms with E-state index in [9.17, 15) is 4.39 Å². The molecular weight excluding hydrogens is 301 g/mol. The minimum absolute atomic E-state index is 0.117. The maximum atomic E-state index is 13.1. The van der Waals surface area contributed by atoms with Gasteiger partial charge in [-0.25, -0.2) is 4.39 Å². The van der Waals surface area contributed by atoms with E-state index in [1.807, 2.05) is 20.0 Å². The Morgan fingerprint density at radius 2 is 2.12 bits per heavy atom. The third kappa shape index (κ3) is 2.76. The fourth-order valence-electron chi connectivity index (χ4n) is 1.89. The van der Waals surface area contributed by atoms with Crippen LogP contribution in [0.15, 0.2) is 34.1 Å². The number of aryl methyl sites for hydroxylation is 1. The predicted octanol–water partition coefficient (Wildman–Crippen LogP) is 4.27. The Balaban J connectivity index is 2.42. The first-order valence-electron chi connectivity index (χ1n) is 5.29. The van der Waals surface area contributed by atoms with Crippen molar-refractivity contribution in [3.63, 3.8) is 0 Å². The second kappa shape index (κ2) is 5.29. The highest BCUT2D eigenvalue weighted by Gasteiger charge is 2.16. The molecule has 1 heterocycles. The van der Waals surface area contributed by atoms with Gasteiger partial charge in [0.15, 0.2) is 0 Å². The van der Waals surface area contributed by atoms with E-state index in [1.165, 1.54) is 10.9 Å². The molecule has 0 radical (unpaired) electrons. The first kappa shape index (κ1) is 12.7. The zero-order valence-electron chi connectivity index (χ0n) is 9.63. The SMILES string of the molecule is CNC(c1cc(Br)cs1)c1ccc(F)cc1C. The van der Waals surface area contributed by atoms with Crippen LogP contribution in [0.3, 0.4) is 0 Å². The predicted molar refractivity (Wildman–Crippen MR) is 74.1 cm³/mol. The molecule has 1 N–H and O–H groups in total. The lowest BCUT2D eigenvalue weighted by atomic mass is 10.00. The third-order valence-corrected chi connectivity index (χ3v) is 4.46. The molecule has 1 atom stereocenters. The van der Waals surface area contributed by atoms with Gasteiger partial charge in [-0.1, -0.05) is 6.07 Å². The van der Waals surface area contributed by atoms with E-state index < -0.39 is 0 Å². The van der Waals surface area contributed by atoms with E-state index in [1.54, 1.807) is 17.4 Å². The molecule has 4 heteroatoms. The summed E-state index contributed by atoms with van der Waals surface area (Å²) in [6.45, 7) is 1.94. The van der Waals surface area contributed by atoms with Crippen LogP contribution in [-0.2, 0) is 0 Å². The maximum absolute atomic E-state index is 13.1. The topological polar surface area (TPSA) is 12.0 Å². The van der Waals surface area contributed by atoms with Gasteiger partial charge in [-0.3, -0.25) is 0 Å². The lowest BCUT2D eigenvalue weighted by Crippen LogP contribution is -2.17. The van der Waals surface area contributed by atoms with Crippen molar-refractivity contribution in [3.05, 3.63) is 55.9 Å². The molecule has 0 spiro atoms. The van der Waals surface area contributed by atoms with E-state index in [0.29, 0.717) is 0 Å². The second-order valence-corrected chi connectivity index (χ2v) is 5.75. The molecule has 2 aromatic rings. The van der Waals surface area contributed by atoms with Crippen LogP contribution in [0.5, 0.6) is 0 Å². The summed E-state index contributed by atoms with van der Waals surface area (Å²) in [5, 5.41) is 5.33. The van der Waals surface area contributed by atoms with Crippen LogP contribution >= 0.6 is 27.3 Å². The van der Waals surface area contributed by atoms with Gasteiger partial charge in [-0.05, 0) is 59.2 Å². The van der Waals surface area contributed by atoms with Crippen LogP contribution in [0.4, 0.5) is 4.39 Å². The molecule has 90 valence electrons. The number of thiophene rings is 1. The number of nitrogens with one attached hydrogen (secondary N) is 1. The molecule has 17 heavy (non-hydrogen) atoms. The van der Waals surface area contributed by atoms with Crippen molar-refractivity contribution in [2.24, 2.45) is 0 Å². The monoisotopic (exact) mass is 313 g/mol. The molecule has 0 fully saturated rings. The van der Waals surface area contributed by atoms with Crippen LogP contribution in [0.1, 0.15) is 22.0 Å². The number of rotatable bonds is 3. The molecular formula is C13H13BrFNS. The van der Waals surface area contributed by atoms with E-state index >= 15 is 0 Å². The quantitative estimate of drug-likeness (QED) is 0.892. The molecule has 0 aliphatic rings. The van der Waals surface area contributed by atoms with E-state index in [0.717, 1.165) is 15.6 Å². The van der Waals surface area contributed by atoms with Gasteiger partial charge >= 0.3 is 0 Å². The third-order valence-electron chi connectivity index (χ3n) is 2.70. The van der Waals surface area contributed by atoms with Crippen LogP contribution in [0.2, 0.25) is 0 Å². The van der Waals surface area contributed by atoms with Crippen molar-refractivity contribution in [1.82, 2.24) is 5.32 Å². The minimum Gasteiger partial charge on any atom is -0.309 e. The lowest BCUT2D eigenvalue weighted by Gasteiger charge is -2.17. The standard InChI is InChI=1S/C13H13BrFNS/c1-8-5-10(15)3-4-11(8)13(16-2)12-6-9(14)7-17-12/h3-7,13,16H,1-2H3. The average molecular weight is 314 g/mol. The molecule has 2 rings (SSSR count). The van der Waals surface area contributed by atoms with Crippen molar-refractivity contribution >= 4 is 27.3 Å². The van der Waals surface area contributed by atoms with Crippen LogP contribution < -0.4 is 5.32 Å². The Morgan fingerprint density at radius 3 is 2.65 bits per heavy atom. The maximum Gasteiger partial charge on any atom is 0.123 e. The van der Waals surface area contributed by atoms with Crippen molar-refractivity contribution in [2.75, 3.05) is 7.05 Å². The van der Waals surface area contributed by atoms with Crippen LogP contribution in [0.25, 0.3) is 0 Å². The zero-order valence-corrected chi connectivity index (χ0v) is 12.0. The summed E-state index contributed by atoms with van der Waals surface area (Å²) in [5.41, 5.74) is 2.08. The summed E-state index contributed by atoms with van der Waals surface area (Å²) in [5.74, 6) is -0.187. The molecule has 1 nitrogen and oxygen atoms in total. The number of hydrogen-bond donors (Lipinski definition) is 1. The van der Waals surface area contributed by atoms with E-state index in [-0.39, 0.29) is 11.9 Å². The fourth-order valence-corrected chi connectivity index (χ4v) is 3.46. The summed E-state index contributed by atoms with van der Waals surface area (Å²) in [6.07, 6.45) is 0. The van der Waals surface area contributed by atoms with Crippen molar-refractivity contribution in [3.8, 4) is 0 Å². The summed E-state index contributed by atoms with van der Waals surface area (Å²) >= 11 is 5.14. The van der Waals surface area contributed by atoms with Gasteiger partial charge in [0.05, 0.1) is 6.04 Å². The van der Waals surface area contributed by atoms with Gasteiger partial charge in [0, 0.05) is 14.7 Å². The highest BCUT2D eigenvalue weighted by molar-refractivity contribution is 9.10. The highest BCUT2D eigenvalue weighted by atomic mass is 79.9. The normalized spacial score (nSPS) is 12.7.